The van der Waals surface area contributed by atoms with Gasteiger partial charge >= 0.3 is 5.97 Å². The zero-order valence-electron chi connectivity index (χ0n) is 18.1. The number of carboxylic acids is 1. The zero-order valence-corrected chi connectivity index (χ0v) is 18.1. The number of fused-ring (bicyclic) bond motifs is 2. The molecule has 0 saturated carbocycles. The lowest BCUT2D eigenvalue weighted by Gasteiger charge is -2.33. The van der Waals surface area contributed by atoms with Gasteiger partial charge in [-0.25, -0.2) is 4.79 Å². The normalized spacial score (nSPS) is 14.8. The van der Waals surface area contributed by atoms with Crippen LogP contribution in [0.5, 0.6) is 0 Å². The fourth-order valence-electron chi connectivity index (χ4n) is 4.52. The van der Waals surface area contributed by atoms with E-state index >= 15 is 0 Å². The molecule has 0 fully saturated rings. The Kier molecular flexibility index (Phi) is 6.38. The van der Waals surface area contributed by atoms with E-state index in [4.69, 9.17) is 4.74 Å². The Morgan fingerprint density at radius 1 is 0.871 bits per heavy atom. The summed E-state index contributed by atoms with van der Waals surface area (Å²) in [7, 11) is 1.44. The van der Waals surface area contributed by atoms with Gasteiger partial charge in [0, 0.05) is 30.9 Å². The number of hydrogen-bond acceptors (Lipinski definition) is 3. The van der Waals surface area contributed by atoms with Crippen molar-refractivity contribution in [1.29, 1.82) is 0 Å². The number of carboxylic acid groups (broad SMARTS) is 1. The molecule has 0 aliphatic carbocycles. The predicted octanol–water partition coefficient (Wildman–Crippen LogP) is 5.20. The van der Waals surface area contributed by atoms with Gasteiger partial charge in [-0.2, -0.15) is 0 Å². The fourth-order valence-corrected chi connectivity index (χ4v) is 4.52. The highest BCUT2D eigenvalue weighted by atomic mass is 16.5. The molecule has 3 aromatic rings. The number of rotatable bonds is 7. The molecule has 1 heterocycles. The molecule has 0 aromatic heterocycles. The molecule has 0 bridgehead atoms. The van der Waals surface area contributed by atoms with E-state index in [1.807, 2.05) is 12.1 Å². The maximum absolute atomic E-state index is 11.2. The number of carbonyl (C=O) groups is 1. The van der Waals surface area contributed by atoms with E-state index in [2.05, 4.69) is 72.5 Å². The summed E-state index contributed by atoms with van der Waals surface area (Å²) in [6.45, 7) is 2.28. The Balaban J connectivity index is 1.57. The number of anilines is 2. The first-order valence-electron chi connectivity index (χ1n) is 10.8. The first-order valence-corrected chi connectivity index (χ1v) is 10.8. The van der Waals surface area contributed by atoms with Gasteiger partial charge in [0.15, 0.2) is 6.10 Å². The summed E-state index contributed by atoms with van der Waals surface area (Å²) in [5.41, 5.74) is 7.57. The van der Waals surface area contributed by atoms with E-state index in [9.17, 15) is 9.90 Å². The maximum Gasteiger partial charge on any atom is 0.333 e. The van der Waals surface area contributed by atoms with Gasteiger partial charge in [0.1, 0.15) is 0 Å². The summed E-state index contributed by atoms with van der Waals surface area (Å²) in [5, 5.41) is 9.21. The SMILES string of the molecule is COC(Cc1ccc(CC(C)N2c3ccccc3CCc3ccccc32)cc1)C(=O)O. The van der Waals surface area contributed by atoms with Crippen LogP contribution in [-0.4, -0.2) is 30.3 Å². The third-order valence-electron chi connectivity index (χ3n) is 6.14. The van der Waals surface area contributed by atoms with Crippen LogP contribution >= 0.6 is 0 Å². The number of para-hydroxylation sites is 2. The second kappa shape index (κ2) is 9.36. The van der Waals surface area contributed by atoms with E-state index < -0.39 is 12.1 Å². The molecule has 4 rings (SSSR count). The first-order chi connectivity index (χ1) is 15.1. The smallest absolute Gasteiger partial charge is 0.333 e. The molecule has 1 aliphatic heterocycles. The number of aryl methyl sites for hydroxylation is 2. The van der Waals surface area contributed by atoms with E-state index in [1.54, 1.807) is 0 Å². The van der Waals surface area contributed by atoms with Crippen LogP contribution in [-0.2, 0) is 35.2 Å². The van der Waals surface area contributed by atoms with Crippen molar-refractivity contribution in [3.05, 3.63) is 95.1 Å². The number of benzene rings is 3. The molecule has 31 heavy (non-hydrogen) atoms. The average molecular weight is 416 g/mol. The van der Waals surface area contributed by atoms with Crippen molar-refractivity contribution in [3.8, 4) is 0 Å². The Labute approximate surface area is 184 Å². The van der Waals surface area contributed by atoms with Crippen molar-refractivity contribution < 1.29 is 14.6 Å². The van der Waals surface area contributed by atoms with Gasteiger partial charge in [0.05, 0.1) is 0 Å². The van der Waals surface area contributed by atoms with E-state index in [0.717, 1.165) is 24.8 Å². The van der Waals surface area contributed by atoms with Gasteiger partial charge in [0.25, 0.3) is 0 Å². The van der Waals surface area contributed by atoms with Crippen molar-refractivity contribution in [1.82, 2.24) is 0 Å². The Morgan fingerprint density at radius 3 is 1.84 bits per heavy atom. The molecule has 4 heteroatoms. The average Bonchev–Trinajstić information content (AvgIpc) is 2.95. The number of aliphatic carboxylic acids is 1. The second-order valence-corrected chi connectivity index (χ2v) is 8.26. The molecule has 4 nitrogen and oxygen atoms in total. The van der Waals surface area contributed by atoms with Crippen LogP contribution in [0.3, 0.4) is 0 Å². The maximum atomic E-state index is 11.2. The van der Waals surface area contributed by atoms with E-state index in [1.165, 1.54) is 35.2 Å². The van der Waals surface area contributed by atoms with E-state index in [-0.39, 0.29) is 6.04 Å². The van der Waals surface area contributed by atoms with Crippen LogP contribution in [0, 0.1) is 0 Å². The van der Waals surface area contributed by atoms with Crippen LogP contribution in [0.4, 0.5) is 11.4 Å². The molecule has 1 aliphatic rings. The fraction of sp³-hybridized carbons (Fsp3) is 0.296. The molecule has 3 aromatic carbocycles. The molecular weight excluding hydrogens is 386 g/mol. The summed E-state index contributed by atoms with van der Waals surface area (Å²) in [6, 6.07) is 26.0. The summed E-state index contributed by atoms with van der Waals surface area (Å²) in [4.78, 5) is 13.7. The van der Waals surface area contributed by atoms with Crippen molar-refractivity contribution in [2.75, 3.05) is 12.0 Å². The largest absolute Gasteiger partial charge is 0.479 e. The summed E-state index contributed by atoms with van der Waals surface area (Å²) >= 11 is 0. The van der Waals surface area contributed by atoms with Gasteiger partial charge < -0.3 is 14.7 Å². The lowest BCUT2D eigenvalue weighted by molar-refractivity contribution is -0.148. The minimum atomic E-state index is -0.932. The minimum Gasteiger partial charge on any atom is -0.479 e. The van der Waals surface area contributed by atoms with Crippen molar-refractivity contribution in [2.45, 2.75) is 44.8 Å². The number of nitrogens with zero attached hydrogens (tertiary/aromatic N) is 1. The monoisotopic (exact) mass is 415 g/mol. The molecule has 0 radical (unpaired) electrons. The highest BCUT2D eigenvalue weighted by Gasteiger charge is 2.24. The van der Waals surface area contributed by atoms with Crippen molar-refractivity contribution >= 4 is 17.3 Å². The first kappa shape index (κ1) is 21.1. The third-order valence-corrected chi connectivity index (χ3v) is 6.14. The number of hydrogen-bond donors (Lipinski definition) is 1. The summed E-state index contributed by atoms with van der Waals surface area (Å²) in [6.07, 6.45) is 2.56. The summed E-state index contributed by atoms with van der Waals surface area (Å²) in [5.74, 6) is -0.932. The van der Waals surface area contributed by atoms with Gasteiger partial charge in [-0.1, -0.05) is 60.7 Å². The van der Waals surface area contributed by atoms with Crippen LogP contribution < -0.4 is 4.90 Å². The molecule has 0 saturated heterocycles. The quantitative estimate of drug-likeness (QED) is 0.576. The van der Waals surface area contributed by atoms with Gasteiger partial charge in [-0.3, -0.25) is 0 Å². The second-order valence-electron chi connectivity index (χ2n) is 8.26. The van der Waals surface area contributed by atoms with Crippen LogP contribution in [0.2, 0.25) is 0 Å². The Hall–Kier alpha value is -3.11. The standard InChI is InChI=1S/C27H29NO3/c1-19(17-20-11-13-21(14-12-20)18-26(31-2)27(29)30)28-24-9-5-3-7-22(24)15-16-23-8-4-6-10-25(23)28/h3-14,19,26H,15-18H2,1-2H3,(H,29,30). The third kappa shape index (κ3) is 4.64. The van der Waals surface area contributed by atoms with Crippen LogP contribution in [0.25, 0.3) is 0 Å². The topological polar surface area (TPSA) is 49.8 Å². The van der Waals surface area contributed by atoms with Gasteiger partial charge in [-0.15, -0.1) is 0 Å². The Morgan fingerprint density at radius 2 is 1.35 bits per heavy atom. The molecule has 1 N–H and O–H groups in total. The highest BCUT2D eigenvalue weighted by Crippen LogP contribution is 2.38. The summed E-state index contributed by atoms with van der Waals surface area (Å²) < 4.78 is 5.06. The molecular formula is C27H29NO3. The predicted molar refractivity (Wildman–Crippen MR) is 124 cm³/mol. The molecule has 0 spiro atoms. The lowest BCUT2D eigenvalue weighted by Crippen LogP contribution is -2.31. The van der Waals surface area contributed by atoms with Crippen molar-refractivity contribution in [3.63, 3.8) is 0 Å². The van der Waals surface area contributed by atoms with Crippen molar-refractivity contribution in [2.24, 2.45) is 0 Å². The van der Waals surface area contributed by atoms with Crippen LogP contribution in [0.1, 0.15) is 29.2 Å². The number of ether oxygens (including phenoxy) is 1. The van der Waals surface area contributed by atoms with Gasteiger partial charge in [0.2, 0.25) is 0 Å². The molecule has 2 atom stereocenters. The molecule has 0 amide bonds. The van der Waals surface area contributed by atoms with E-state index in [0.29, 0.717) is 6.42 Å². The Bertz CT molecular complexity index is 997. The zero-order chi connectivity index (χ0) is 21.8. The number of methoxy groups -OCH3 is 1. The molecule has 160 valence electrons. The highest BCUT2D eigenvalue weighted by molar-refractivity contribution is 5.73. The van der Waals surface area contributed by atoms with Crippen LogP contribution in [0.15, 0.2) is 72.8 Å². The minimum absolute atomic E-state index is 0.275. The molecule has 2 unspecified atom stereocenters. The lowest BCUT2D eigenvalue weighted by atomic mass is 10.00. The van der Waals surface area contributed by atoms with Gasteiger partial charge in [-0.05, 0) is 60.6 Å².